The van der Waals surface area contributed by atoms with E-state index >= 15 is 0 Å². The molecule has 0 amide bonds. The molecule has 1 saturated heterocycles. The smallest absolute Gasteiger partial charge is 0.263 e. The van der Waals surface area contributed by atoms with E-state index in [1.165, 1.54) is 8.99 Å². The highest BCUT2D eigenvalue weighted by Gasteiger charge is 2.40. The minimum Gasteiger partial charge on any atom is -0.330 e. The summed E-state index contributed by atoms with van der Waals surface area (Å²) in [6, 6.07) is -0.0506. The SMILES string of the molecule is CC1CC(CN)CN1S(=O)(=O)c1c(Br)nnn1C. The molecule has 7 nitrogen and oxygen atoms in total. The Kier molecular flexibility index (Phi) is 3.77. The van der Waals surface area contributed by atoms with Gasteiger partial charge < -0.3 is 5.73 Å². The standard InChI is InChI=1S/C9H16BrN5O2S/c1-6-3-7(4-11)5-15(6)18(16,17)9-8(10)12-13-14(9)2/h6-7H,3-5,11H2,1-2H3. The molecule has 2 rings (SSSR count). The highest BCUT2D eigenvalue weighted by atomic mass is 79.9. The molecule has 2 heterocycles. The van der Waals surface area contributed by atoms with Gasteiger partial charge in [0.05, 0.1) is 0 Å². The molecule has 0 aromatic carbocycles. The summed E-state index contributed by atoms with van der Waals surface area (Å²) in [5.41, 5.74) is 5.62. The lowest BCUT2D eigenvalue weighted by atomic mass is 10.1. The zero-order chi connectivity index (χ0) is 13.5. The van der Waals surface area contributed by atoms with Crippen LogP contribution in [0.2, 0.25) is 0 Å². The topological polar surface area (TPSA) is 94.1 Å². The lowest BCUT2D eigenvalue weighted by molar-refractivity contribution is 0.399. The molecule has 0 aliphatic carbocycles. The maximum absolute atomic E-state index is 12.6. The van der Waals surface area contributed by atoms with Crippen LogP contribution in [0.15, 0.2) is 9.63 Å². The molecule has 2 N–H and O–H groups in total. The summed E-state index contributed by atoms with van der Waals surface area (Å²) < 4.78 is 28.1. The largest absolute Gasteiger partial charge is 0.330 e. The van der Waals surface area contributed by atoms with Crippen molar-refractivity contribution in [1.29, 1.82) is 0 Å². The van der Waals surface area contributed by atoms with Crippen LogP contribution in [0.1, 0.15) is 13.3 Å². The fourth-order valence-corrected chi connectivity index (χ4v) is 5.08. The Balaban J connectivity index is 2.38. The van der Waals surface area contributed by atoms with E-state index in [2.05, 4.69) is 26.2 Å². The van der Waals surface area contributed by atoms with Crippen molar-refractivity contribution >= 4 is 26.0 Å². The maximum atomic E-state index is 12.6. The first kappa shape index (κ1) is 13.9. The fourth-order valence-electron chi connectivity index (χ4n) is 2.32. The van der Waals surface area contributed by atoms with E-state index in [4.69, 9.17) is 5.73 Å². The molecular formula is C9H16BrN5O2S. The van der Waals surface area contributed by atoms with Gasteiger partial charge in [0.1, 0.15) is 0 Å². The third-order valence-corrected chi connectivity index (χ3v) is 6.10. The summed E-state index contributed by atoms with van der Waals surface area (Å²) in [7, 11) is -2.02. The highest BCUT2D eigenvalue weighted by molar-refractivity contribution is 9.10. The zero-order valence-electron chi connectivity index (χ0n) is 10.2. The van der Waals surface area contributed by atoms with Crippen molar-refractivity contribution in [3.8, 4) is 0 Å². The van der Waals surface area contributed by atoms with Gasteiger partial charge in [-0.1, -0.05) is 5.21 Å². The van der Waals surface area contributed by atoms with Gasteiger partial charge in [0.25, 0.3) is 10.0 Å². The van der Waals surface area contributed by atoms with E-state index in [1.54, 1.807) is 7.05 Å². The van der Waals surface area contributed by atoms with Gasteiger partial charge in [0.2, 0.25) is 5.03 Å². The van der Waals surface area contributed by atoms with Gasteiger partial charge in [-0.15, -0.1) is 5.10 Å². The quantitative estimate of drug-likeness (QED) is 0.833. The van der Waals surface area contributed by atoms with Crippen LogP contribution in [0, 0.1) is 5.92 Å². The Morgan fingerprint density at radius 2 is 2.22 bits per heavy atom. The number of rotatable bonds is 3. The number of aromatic nitrogens is 3. The monoisotopic (exact) mass is 337 g/mol. The molecule has 1 aliphatic rings. The molecule has 0 saturated carbocycles. The van der Waals surface area contributed by atoms with Crippen LogP contribution in [0.5, 0.6) is 0 Å². The average Bonchev–Trinajstić information content (AvgIpc) is 2.82. The first-order valence-corrected chi connectivity index (χ1v) is 7.88. The Morgan fingerprint density at radius 1 is 1.56 bits per heavy atom. The van der Waals surface area contributed by atoms with Crippen LogP contribution in [0.3, 0.4) is 0 Å². The molecule has 102 valence electrons. The minimum absolute atomic E-state index is 0.0506. The van der Waals surface area contributed by atoms with Crippen molar-refractivity contribution < 1.29 is 8.42 Å². The third kappa shape index (κ3) is 2.20. The number of nitrogens with two attached hydrogens (primary N) is 1. The third-order valence-electron chi connectivity index (χ3n) is 3.23. The first-order valence-electron chi connectivity index (χ1n) is 5.65. The Bertz CT molecular complexity index is 524. The molecule has 2 atom stereocenters. The van der Waals surface area contributed by atoms with E-state index in [0.717, 1.165) is 6.42 Å². The van der Waals surface area contributed by atoms with Crippen LogP contribution >= 0.6 is 15.9 Å². The molecule has 18 heavy (non-hydrogen) atoms. The summed E-state index contributed by atoms with van der Waals surface area (Å²) >= 11 is 3.13. The number of sulfonamides is 1. The fraction of sp³-hybridized carbons (Fsp3) is 0.778. The van der Waals surface area contributed by atoms with Crippen LogP contribution in [0.25, 0.3) is 0 Å². The highest BCUT2D eigenvalue weighted by Crippen LogP contribution is 2.30. The van der Waals surface area contributed by atoms with E-state index in [1.807, 2.05) is 6.92 Å². The Labute approximate surface area is 115 Å². The van der Waals surface area contributed by atoms with Gasteiger partial charge in [-0.05, 0) is 41.7 Å². The van der Waals surface area contributed by atoms with Crippen molar-refractivity contribution in [2.24, 2.45) is 18.7 Å². The van der Waals surface area contributed by atoms with Gasteiger partial charge in [-0.3, -0.25) is 0 Å². The molecule has 1 fully saturated rings. The van der Waals surface area contributed by atoms with Crippen molar-refractivity contribution in [2.75, 3.05) is 13.1 Å². The lowest BCUT2D eigenvalue weighted by Gasteiger charge is -2.20. The molecule has 2 unspecified atom stereocenters. The van der Waals surface area contributed by atoms with Gasteiger partial charge >= 0.3 is 0 Å². The van der Waals surface area contributed by atoms with E-state index in [0.29, 0.717) is 13.1 Å². The normalized spacial score (nSPS) is 25.8. The lowest BCUT2D eigenvalue weighted by Crippen LogP contribution is -2.35. The van der Waals surface area contributed by atoms with Crippen LogP contribution in [-0.4, -0.2) is 46.8 Å². The Morgan fingerprint density at radius 3 is 2.67 bits per heavy atom. The summed E-state index contributed by atoms with van der Waals surface area (Å²) in [5, 5.41) is 7.51. The van der Waals surface area contributed by atoms with Crippen molar-refractivity contribution in [2.45, 2.75) is 24.4 Å². The van der Waals surface area contributed by atoms with Crippen LogP contribution in [-0.2, 0) is 17.1 Å². The number of aryl methyl sites for hydroxylation is 1. The summed E-state index contributed by atoms with van der Waals surface area (Å²) in [6.45, 7) is 2.85. The molecule has 1 aromatic rings. The summed E-state index contributed by atoms with van der Waals surface area (Å²) in [4.78, 5) is 0. The summed E-state index contributed by atoms with van der Waals surface area (Å²) in [6.07, 6.45) is 0.790. The van der Waals surface area contributed by atoms with Crippen LogP contribution < -0.4 is 5.73 Å². The molecule has 9 heteroatoms. The molecule has 1 aliphatic heterocycles. The predicted molar refractivity (Wildman–Crippen MR) is 69.2 cm³/mol. The van der Waals surface area contributed by atoms with Gasteiger partial charge in [-0.2, -0.15) is 4.31 Å². The second-order valence-electron chi connectivity index (χ2n) is 4.57. The van der Waals surface area contributed by atoms with E-state index < -0.39 is 10.0 Å². The van der Waals surface area contributed by atoms with Crippen LogP contribution in [0.4, 0.5) is 0 Å². The minimum atomic E-state index is -3.58. The predicted octanol–water partition coefficient (Wildman–Crippen LogP) is -0.0646. The van der Waals surface area contributed by atoms with Gasteiger partial charge in [0.15, 0.2) is 4.60 Å². The summed E-state index contributed by atoms with van der Waals surface area (Å²) in [5.74, 6) is 0.217. The van der Waals surface area contributed by atoms with E-state index in [-0.39, 0.29) is 21.6 Å². The second-order valence-corrected chi connectivity index (χ2v) is 7.13. The number of hydrogen-bond acceptors (Lipinski definition) is 5. The average molecular weight is 338 g/mol. The van der Waals surface area contributed by atoms with Crippen molar-refractivity contribution in [3.05, 3.63) is 4.60 Å². The van der Waals surface area contributed by atoms with Gasteiger partial charge in [0, 0.05) is 19.6 Å². The first-order chi connectivity index (χ1) is 8.37. The molecule has 0 radical (unpaired) electrons. The van der Waals surface area contributed by atoms with Crippen molar-refractivity contribution in [3.63, 3.8) is 0 Å². The second kappa shape index (κ2) is 4.87. The Hall–Kier alpha value is -0.510. The van der Waals surface area contributed by atoms with E-state index in [9.17, 15) is 8.42 Å². The number of nitrogens with zero attached hydrogens (tertiary/aromatic N) is 4. The zero-order valence-corrected chi connectivity index (χ0v) is 12.6. The van der Waals surface area contributed by atoms with Crippen molar-refractivity contribution in [1.82, 2.24) is 19.3 Å². The number of halogens is 1. The molecule has 0 spiro atoms. The molecule has 0 bridgehead atoms. The van der Waals surface area contributed by atoms with Gasteiger partial charge in [-0.25, -0.2) is 13.1 Å². The maximum Gasteiger partial charge on any atom is 0.263 e. The number of hydrogen-bond donors (Lipinski definition) is 1. The molecule has 1 aromatic heterocycles. The molecular weight excluding hydrogens is 322 g/mol.